The molecule has 0 aromatic heterocycles. The molecule has 0 aliphatic rings. The molecule has 1 aromatic rings. The third kappa shape index (κ3) is 4.69. The predicted molar refractivity (Wildman–Crippen MR) is 51.4 cm³/mol. The minimum Gasteiger partial charge on any atom is -0.399 e. The predicted octanol–water partition coefficient (Wildman–Crippen LogP) is 2.39. The molecule has 0 aliphatic heterocycles. The number of nitrogen functional groups attached to an aromatic ring is 1. The van der Waals surface area contributed by atoms with Crippen LogP contribution in [-0.4, -0.2) is 19.4 Å². The molecule has 0 spiro atoms. The van der Waals surface area contributed by atoms with Gasteiger partial charge in [-0.25, -0.2) is 0 Å². The molecule has 0 amide bonds. The molecule has 1 rings (SSSR count). The van der Waals surface area contributed by atoms with Crippen molar-refractivity contribution in [3.63, 3.8) is 0 Å². The Morgan fingerprint density at radius 2 is 1.87 bits per heavy atom. The van der Waals surface area contributed by atoms with Crippen molar-refractivity contribution in [2.45, 2.75) is 12.6 Å². The van der Waals surface area contributed by atoms with Crippen LogP contribution in [0.25, 0.3) is 0 Å². The van der Waals surface area contributed by atoms with Crippen molar-refractivity contribution in [3.05, 3.63) is 29.8 Å². The molecule has 0 radical (unpaired) electrons. The van der Waals surface area contributed by atoms with E-state index in [1.165, 1.54) is 0 Å². The van der Waals surface area contributed by atoms with E-state index in [0.29, 0.717) is 12.1 Å². The number of anilines is 1. The molecule has 1 aromatic carbocycles. The summed E-state index contributed by atoms with van der Waals surface area (Å²) in [5.41, 5.74) is 6.99. The molecule has 2 N–H and O–H groups in total. The molecule has 0 atom stereocenters. The molecule has 0 unspecified atom stereocenters. The molecule has 0 saturated carbocycles. The monoisotopic (exact) mass is 219 g/mol. The van der Waals surface area contributed by atoms with Crippen molar-refractivity contribution < 1.29 is 17.9 Å². The molecule has 0 fully saturated rings. The molecule has 0 heterocycles. The van der Waals surface area contributed by atoms with Gasteiger partial charge >= 0.3 is 6.18 Å². The van der Waals surface area contributed by atoms with Crippen molar-refractivity contribution in [3.8, 4) is 0 Å². The van der Waals surface area contributed by atoms with Crippen LogP contribution >= 0.6 is 0 Å². The van der Waals surface area contributed by atoms with Crippen LogP contribution in [0.1, 0.15) is 5.56 Å². The Bertz CT molecular complexity index is 312. The third-order valence-electron chi connectivity index (χ3n) is 1.84. The van der Waals surface area contributed by atoms with Crippen molar-refractivity contribution >= 4 is 5.69 Å². The third-order valence-corrected chi connectivity index (χ3v) is 1.84. The average Bonchev–Trinajstić information content (AvgIpc) is 2.13. The lowest BCUT2D eigenvalue weighted by Crippen LogP contribution is -2.18. The Balaban J connectivity index is 2.30. The Labute approximate surface area is 85.8 Å². The quantitative estimate of drug-likeness (QED) is 0.623. The summed E-state index contributed by atoms with van der Waals surface area (Å²) in [7, 11) is 0. The lowest BCUT2D eigenvalue weighted by atomic mass is 10.1. The minimum atomic E-state index is -4.26. The summed E-state index contributed by atoms with van der Waals surface area (Å²) >= 11 is 0. The van der Waals surface area contributed by atoms with E-state index in [9.17, 15) is 13.2 Å². The van der Waals surface area contributed by atoms with E-state index in [1.54, 1.807) is 24.3 Å². The summed E-state index contributed by atoms with van der Waals surface area (Å²) in [6.45, 7) is -1.19. The van der Waals surface area contributed by atoms with Gasteiger partial charge in [0.1, 0.15) is 6.61 Å². The highest BCUT2D eigenvalue weighted by atomic mass is 19.4. The van der Waals surface area contributed by atoms with E-state index >= 15 is 0 Å². The fraction of sp³-hybridized carbons (Fsp3) is 0.400. The Hall–Kier alpha value is -1.23. The summed E-state index contributed by atoms with van der Waals surface area (Å²) in [5.74, 6) is 0. The van der Waals surface area contributed by atoms with Crippen LogP contribution in [0.15, 0.2) is 24.3 Å². The van der Waals surface area contributed by atoms with Crippen molar-refractivity contribution in [2.75, 3.05) is 18.9 Å². The zero-order valence-electron chi connectivity index (χ0n) is 8.05. The lowest BCUT2D eigenvalue weighted by molar-refractivity contribution is -0.173. The van der Waals surface area contributed by atoms with Gasteiger partial charge in [-0.2, -0.15) is 13.2 Å². The van der Waals surface area contributed by atoms with Gasteiger partial charge in [0.2, 0.25) is 0 Å². The van der Waals surface area contributed by atoms with E-state index < -0.39 is 12.8 Å². The van der Waals surface area contributed by atoms with E-state index in [1.807, 2.05) is 0 Å². The summed E-state index contributed by atoms with van der Waals surface area (Å²) < 4.78 is 39.6. The molecular weight excluding hydrogens is 207 g/mol. The van der Waals surface area contributed by atoms with Gasteiger partial charge in [0.05, 0.1) is 6.61 Å². The van der Waals surface area contributed by atoms with Gasteiger partial charge in [-0.05, 0) is 18.1 Å². The van der Waals surface area contributed by atoms with E-state index in [0.717, 1.165) is 5.56 Å². The largest absolute Gasteiger partial charge is 0.411 e. The van der Waals surface area contributed by atoms with Gasteiger partial charge in [-0.15, -0.1) is 0 Å². The van der Waals surface area contributed by atoms with E-state index in [2.05, 4.69) is 4.74 Å². The second-order valence-corrected chi connectivity index (χ2v) is 3.12. The first-order valence-electron chi connectivity index (χ1n) is 4.47. The van der Waals surface area contributed by atoms with Crippen LogP contribution in [0.4, 0.5) is 18.9 Å². The molecule has 0 bridgehead atoms. The van der Waals surface area contributed by atoms with Crippen LogP contribution in [0, 0.1) is 0 Å². The highest BCUT2D eigenvalue weighted by Crippen LogP contribution is 2.15. The minimum absolute atomic E-state index is 0.0216. The highest BCUT2D eigenvalue weighted by Gasteiger charge is 2.27. The first-order chi connectivity index (χ1) is 6.99. The number of hydrogen-bond donors (Lipinski definition) is 1. The number of para-hydroxylation sites is 1. The zero-order chi connectivity index (χ0) is 11.3. The Kier molecular flexibility index (Phi) is 3.96. The Morgan fingerprint density at radius 3 is 2.47 bits per heavy atom. The summed E-state index contributed by atoms with van der Waals surface area (Å²) in [5, 5.41) is 0. The van der Waals surface area contributed by atoms with Crippen LogP contribution < -0.4 is 5.73 Å². The Morgan fingerprint density at radius 1 is 1.20 bits per heavy atom. The molecule has 0 saturated heterocycles. The fourth-order valence-electron chi connectivity index (χ4n) is 1.13. The van der Waals surface area contributed by atoms with E-state index in [4.69, 9.17) is 5.73 Å². The second kappa shape index (κ2) is 5.02. The van der Waals surface area contributed by atoms with Gasteiger partial charge in [-0.3, -0.25) is 0 Å². The zero-order valence-corrected chi connectivity index (χ0v) is 8.05. The number of rotatable bonds is 4. The van der Waals surface area contributed by atoms with Crippen LogP contribution in [-0.2, 0) is 11.2 Å². The molecule has 5 heteroatoms. The maximum Gasteiger partial charge on any atom is 0.411 e. The maximum absolute atomic E-state index is 11.7. The van der Waals surface area contributed by atoms with Gasteiger partial charge < -0.3 is 10.5 Å². The summed E-state index contributed by atoms with van der Waals surface area (Å²) in [6.07, 6.45) is -3.87. The van der Waals surface area contributed by atoms with Gasteiger partial charge in [0, 0.05) is 5.69 Å². The first kappa shape index (κ1) is 11.8. The maximum atomic E-state index is 11.7. The summed E-state index contributed by atoms with van der Waals surface area (Å²) in [4.78, 5) is 0. The number of halogens is 3. The fourth-order valence-corrected chi connectivity index (χ4v) is 1.13. The number of ether oxygens (including phenoxy) is 1. The molecular formula is C10H12F3NO. The molecule has 2 nitrogen and oxygen atoms in total. The number of alkyl halides is 3. The topological polar surface area (TPSA) is 35.2 Å². The van der Waals surface area contributed by atoms with Crippen molar-refractivity contribution in [2.24, 2.45) is 0 Å². The normalized spacial score (nSPS) is 11.7. The van der Waals surface area contributed by atoms with Gasteiger partial charge in [0.25, 0.3) is 0 Å². The number of nitrogens with two attached hydrogens (primary N) is 1. The van der Waals surface area contributed by atoms with Gasteiger partial charge in [-0.1, -0.05) is 18.2 Å². The van der Waals surface area contributed by atoms with Crippen molar-refractivity contribution in [1.29, 1.82) is 0 Å². The van der Waals surface area contributed by atoms with Crippen LogP contribution in [0.3, 0.4) is 0 Å². The number of hydrogen-bond acceptors (Lipinski definition) is 2. The number of benzene rings is 1. The molecule has 0 aliphatic carbocycles. The van der Waals surface area contributed by atoms with Crippen LogP contribution in [0.2, 0.25) is 0 Å². The van der Waals surface area contributed by atoms with Crippen LogP contribution in [0.5, 0.6) is 0 Å². The lowest BCUT2D eigenvalue weighted by Gasteiger charge is -2.08. The van der Waals surface area contributed by atoms with Crippen molar-refractivity contribution in [1.82, 2.24) is 0 Å². The standard InChI is InChI=1S/C10H12F3NO/c11-10(12,13)7-15-6-5-8-3-1-2-4-9(8)14/h1-4H,5-7,14H2. The van der Waals surface area contributed by atoms with Gasteiger partial charge in [0.15, 0.2) is 0 Å². The molecule has 84 valence electrons. The SMILES string of the molecule is Nc1ccccc1CCOCC(F)(F)F. The van der Waals surface area contributed by atoms with E-state index in [-0.39, 0.29) is 6.61 Å². The average molecular weight is 219 g/mol. The smallest absolute Gasteiger partial charge is 0.399 e. The highest BCUT2D eigenvalue weighted by molar-refractivity contribution is 5.46. The summed E-state index contributed by atoms with van der Waals surface area (Å²) in [6, 6.07) is 7.04. The first-order valence-corrected chi connectivity index (χ1v) is 4.47. The molecule has 15 heavy (non-hydrogen) atoms. The second-order valence-electron chi connectivity index (χ2n) is 3.12.